The zero-order chi connectivity index (χ0) is 31.8. The molecule has 2 saturated heterocycles. The Balaban J connectivity index is 1.62. The largest absolute Gasteiger partial charge is 0.497 e. The van der Waals surface area contributed by atoms with E-state index < -0.39 is 60.9 Å². The second-order valence-electron chi connectivity index (χ2n) is 11.2. The van der Waals surface area contributed by atoms with Crippen LogP contribution in [0, 0.1) is 17.8 Å². The Hall–Kier alpha value is -3.83. The molecule has 12 heteroatoms. The lowest BCUT2D eigenvalue weighted by molar-refractivity contribution is -0.315. The molecule has 0 saturated carbocycles. The molecule has 2 aromatic carbocycles. The van der Waals surface area contributed by atoms with Crippen molar-refractivity contribution in [2.75, 3.05) is 13.7 Å². The van der Waals surface area contributed by atoms with Gasteiger partial charge in [0.25, 0.3) is 0 Å². The zero-order valence-corrected chi connectivity index (χ0v) is 25.9. The van der Waals surface area contributed by atoms with Crippen LogP contribution in [0.25, 0.3) is 10.4 Å². The Morgan fingerprint density at radius 2 is 1.55 bits per heavy atom. The summed E-state index contributed by atoms with van der Waals surface area (Å²) in [4.78, 5) is 27.8. The molecule has 4 rings (SSSR count). The summed E-state index contributed by atoms with van der Waals surface area (Å²) in [5.41, 5.74) is 9.75. The molecule has 2 fully saturated rings. The monoisotopic (exact) mass is 611 g/mol. The molecule has 0 amide bonds. The topological polar surface area (TPSA) is 148 Å². The SMILES string of the molecule is CCC1O[C@@H](Oc2ccc(OC)cc2)C(OC(=O)c2ccccc2)[C@@H](C)[C@@H]1OC1OC(COC(C)=O)[C@@H](C)[C@H](C)C1N=[N+]=[N-]. The highest BCUT2D eigenvalue weighted by atomic mass is 16.7. The fraction of sp³-hybridized carbons (Fsp3) is 0.562. The fourth-order valence-electron chi connectivity index (χ4n) is 5.60. The van der Waals surface area contributed by atoms with Gasteiger partial charge in [0.2, 0.25) is 6.29 Å². The number of carbonyl (C=O) groups is 2. The van der Waals surface area contributed by atoms with Crippen molar-refractivity contribution in [1.29, 1.82) is 0 Å². The predicted octanol–water partition coefficient (Wildman–Crippen LogP) is 5.69. The van der Waals surface area contributed by atoms with Crippen LogP contribution in [0.15, 0.2) is 59.7 Å². The second-order valence-corrected chi connectivity index (χ2v) is 11.2. The standard InChI is InChI=1S/C32H41N3O9/c1-7-25-28(44-31-27(34-35-33)19(3)18(2)26(42-31)17-39-21(5)36)20(4)29(43-30(37)22-11-9-8-10-12-22)32(41-25)40-24-15-13-23(38-6)14-16-24/h8-16,18-20,25-29,31-32H,7,17H2,1-6H3/t18-,19-,20-,25?,26?,27?,28-,29?,31?,32+/m0/s1. The van der Waals surface area contributed by atoms with E-state index in [2.05, 4.69) is 10.0 Å². The van der Waals surface area contributed by atoms with Gasteiger partial charge in [-0.1, -0.05) is 51.0 Å². The number of carbonyl (C=O) groups excluding carboxylic acids is 2. The van der Waals surface area contributed by atoms with Gasteiger partial charge in [0.1, 0.15) is 18.1 Å². The highest BCUT2D eigenvalue weighted by molar-refractivity contribution is 5.89. The van der Waals surface area contributed by atoms with Crippen LogP contribution in [0.4, 0.5) is 0 Å². The molecule has 238 valence electrons. The Bertz CT molecular complexity index is 1290. The summed E-state index contributed by atoms with van der Waals surface area (Å²) in [6.07, 6.45) is -3.87. The van der Waals surface area contributed by atoms with Crippen LogP contribution in [-0.2, 0) is 28.5 Å². The number of nitrogens with zero attached hydrogens (tertiary/aromatic N) is 3. The maximum absolute atomic E-state index is 13.3. The molecule has 0 N–H and O–H groups in total. The van der Waals surface area contributed by atoms with E-state index in [4.69, 9.17) is 33.2 Å². The number of methoxy groups -OCH3 is 1. The summed E-state index contributed by atoms with van der Waals surface area (Å²) in [7, 11) is 1.58. The molecule has 2 aliphatic heterocycles. The number of ether oxygens (including phenoxy) is 7. The first-order valence-electron chi connectivity index (χ1n) is 14.9. The van der Waals surface area contributed by atoms with E-state index >= 15 is 0 Å². The van der Waals surface area contributed by atoms with Crippen molar-refractivity contribution in [1.82, 2.24) is 0 Å². The Kier molecular flexibility index (Phi) is 11.5. The third kappa shape index (κ3) is 7.81. The molecule has 0 bridgehead atoms. The number of esters is 2. The Morgan fingerprint density at radius 3 is 2.16 bits per heavy atom. The molecule has 10 atom stereocenters. The average Bonchev–Trinajstić information content (AvgIpc) is 3.03. The van der Waals surface area contributed by atoms with E-state index in [0.29, 0.717) is 23.5 Å². The molecule has 2 aliphatic rings. The van der Waals surface area contributed by atoms with Gasteiger partial charge >= 0.3 is 11.9 Å². The van der Waals surface area contributed by atoms with E-state index in [1.807, 2.05) is 33.8 Å². The lowest BCUT2D eigenvalue weighted by Crippen LogP contribution is -2.60. The van der Waals surface area contributed by atoms with E-state index in [1.54, 1.807) is 55.6 Å². The highest BCUT2D eigenvalue weighted by Crippen LogP contribution is 2.39. The van der Waals surface area contributed by atoms with Crippen molar-refractivity contribution < 1.29 is 42.7 Å². The van der Waals surface area contributed by atoms with Crippen molar-refractivity contribution in [3.63, 3.8) is 0 Å². The van der Waals surface area contributed by atoms with Gasteiger partial charge in [-0.15, -0.1) is 0 Å². The quantitative estimate of drug-likeness (QED) is 0.135. The third-order valence-corrected chi connectivity index (χ3v) is 8.42. The molecule has 0 aromatic heterocycles. The maximum Gasteiger partial charge on any atom is 0.338 e. The molecule has 44 heavy (non-hydrogen) atoms. The van der Waals surface area contributed by atoms with Gasteiger partial charge in [0.15, 0.2) is 12.4 Å². The molecule has 0 radical (unpaired) electrons. The lowest BCUT2D eigenvalue weighted by Gasteiger charge is -2.48. The summed E-state index contributed by atoms with van der Waals surface area (Å²) < 4.78 is 42.1. The third-order valence-electron chi connectivity index (χ3n) is 8.42. The fourth-order valence-corrected chi connectivity index (χ4v) is 5.60. The van der Waals surface area contributed by atoms with Gasteiger partial charge in [-0.3, -0.25) is 4.79 Å². The van der Waals surface area contributed by atoms with Gasteiger partial charge in [-0.25, -0.2) is 4.79 Å². The first kappa shape index (κ1) is 33.1. The number of benzene rings is 2. The number of hydrogen-bond acceptors (Lipinski definition) is 10. The van der Waals surface area contributed by atoms with Crippen LogP contribution in [0.2, 0.25) is 0 Å². The summed E-state index contributed by atoms with van der Waals surface area (Å²) in [5.74, 6) is -0.465. The molecule has 2 heterocycles. The van der Waals surface area contributed by atoms with Crippen molar-refractivity contribution >= 4 is 11.9 Å². The molecule has 0 spiro atoms. The number of rotatable bonds is 11. The molecule has 0 aliphatic carbocycles. The molecular weight excluding hydrogens is 570 g/mol. The van der Waals surface area contributed by atoms with E-state index in [-0.39, 0.29) is 18.4 Å². The normalized spacial score (nSPS) is 31.7. The summed E-state index contributed by atoms with van der Waals surface area (Å²) in [6, 6.07) is 15.0. The van der Waals surface area contributed by atoms with Crippen molar-refractivity contribution in [2.45, 2.75) is 84.1 Å². The number of azide groups is 1. The summed E-state index contributed by atoms with van der Waals surface area (Å²) in [6.45, 7) is 9.13. The minimum Gasteiger partial charge on any atom is -0.497 e. The summed E-state index contributed by atoms with van der Waals surface area (Å²) >= 11 is 0. The maximum atomic E-state index is 13.3. The minimum atomic E-state index is -0.965. The van der Waals surface area contributed by atoms with Crippen LogP contribution in [0.3, 0.4) is 0 Å². The van der Waals surface area contributed by atoms with E-state index in [0.717, 1.165) is 0 Å². The van der Waals surface area contributed by atoms with Gasteiger partial charge < -0.3 is 33.2 Å². The van der Waals surface area contributed by atoms with Crippen LogP contribution in [-0.4, -0.2) is 68.7 Å². The van der Waals surface area contributed by atoms with E-state index in [1.165, 1.54) is 6.92 Å². The van der Waals surface area contributed by atoms with Gasteiger partial charge in [-0.2, -0.15) is 0 Å². The van der Waals surface area contributed by atoms with E-state index in [9.17, 15) is 15.1 Å². The smallest absolute Gasteiger partial charge is 0.338 e. The Labute approximate surface area is 257 Å². The second kappa shape index (κ2) is 15.3. The Morgan fingerprint density at radius 1 is 0.886 bits per heavy atom. The number of hydrogen-bond donors (Lipinski definition) is 0. The van der Waals surface area contributed by atoms with Gasteiger partial charge in [0, 0.05) is 17.8 Å². The van der Waals surface area contributed by atoms with Crippen LogP contribution < -0.4 is 9.47 Å². The molecule has 12 nitrogen and oxygen atoms in total. The molecule has 2 aromatic rings. The summed E-state index contributed by atoms with van der Waals surface area (Å²) in [5, 5.41) is 4.02. The van der Waals surface area contributed by atoms with Crippen molar-refractivity contribution in [3.8, 4) is 11.5 Å². The zero-order valence-electron chi connectivity index (χ0n) is 25.9. The predicted molar refractivity (Wildman–Crippen MR) is 159 cm³/mol. The average molecular weight is 612 g/mol. The van der Waals surface area contributed by atoms with Crippen LogP contribution in [0.5, 0.6) is 11.5 Å². The van der Waals surface area contributed by atoms with Crippen molar-refractivity contribution in [2.24, 2.45) is 22.9 Å². The van der Waals surface area contributed by atoms with Crippen LogP contribution >= 0.6 is 0 Å². The minimum absolute atomic E-state index is 0.0344. The van der Waals surface area contributed by atoms with Crippen LogP contribution in [0.1, 0.15) is 51.4 Å². The first-order chi connectivity index (χ1) is 21.2. The molecular formula is C32H41N3O9. The lowest BCUT2D eigenvalue weighted by atomic mass is 9.82. The van der Waals surface area contributed by atoms with Gasteiger partial charge in [0.05, 0.1) is 37.0 Å². The highest BCUT2D eigenvalue weighted by Gasteiger charge is 2.50. The van der Waals surface area contributed by atoms with Crippen molar-refractivity contribution in [3.05, 3.63) is 70.6 Å². The molecule has 5 unspecified atom stereocenters. The first-order valence-corrected chi connectivity index (χ1v) is 14.9. The van der Waals surface area contributed by atoms with Gasteiger partial charge in [-0.05, 0) is 60.2 Å².